The van der Waals surface area contributed by atoms with Crippen LogP contribution in [0, 0.1) is 0 Å². The molecule has 0 unspecified atom stereocenters. The second-order valence-electron chi connectivity index (χ2n) is 4.87. The number of oxazole rings is 1. The molecule has 0 saturated heterocycles. The van der Waals surface area contributed by atoms with Gasteiger partial charge in [-0.3, -0.25) is 9.59 Å². The highest BCUT2D eigenvalue weighted by molar-refractivity contribution is 6.36. The van der Waals surface area contributed by atoms with Crippen LogP contribution in [0.2, 0.25) is 10.0 Å². The number of carbonyl (C=O) groups excluding carboxylic acids is 1. The smallest absolute Gasteiger partial charge is 0.325 e. The van der Waals surface area contributed by atoms with Crippen LogP contribution in [0.5, 0.6) is 0 Å². The van der Waals surface area contributed by atoms with Crippen LogP contribution in [0.15, 0.2) is 28.8 Å². The van der Waals surface area contributed by atoms with Crippen molar-refractivity contribution in [2.45, 2.75) is 25.8 Å². The van der Waals surface area contributed by atoms with Crippen LogP contribution in [-0.2, 0) is 16.0 Å². The third-order valence-electron chi connectivity index (χ3n) is 3.06. The molecule has 1 atom stereocenters. The number of aryl methyl sites for hydroxylation is 1. The van der Waals surface area contributed by atoms with Crippen LogP contribution in [0.1, 0.15) is 19.2 Å². The minimum Gasteiger partial charge on any atom is -0.480 e. The fourth-order valence-corrected chi connectivity index (χ4v) is 2.34. The van der Waals surface area contributed by atoms with Crippen LogP contribution in [0.25, 0.3) is 11.3 Å². The third kappa shape index (κ3) is 4.71. The van der Waals surface area contributed by atoms with Gasteiger partial charge in [0.15, 0.2) is 11.7 Å². The molecule has 2 N–H and O–H groups in total. The molecule has 6 nitrogen and oxygen atoms in total. The van der Waals surface area contributed by atoms with Crippen molar-refractivity contribution >= 4 is 35.1 Å². The summed E-state index contributed by atoms with van der Waals surface area (Å²) in [5, 5.41) is 12.0. The van der Waals surface area contributed by atoms with Gasteiger partial charge in [0.25, 0.3) is 0 Å². The number of hydrogen-bond acceptors (Lipinski definition) is 4. The molecule has 1 heterocycles. The maximum atomic E-state index is 11.6. The first-order chi connectivity index (χ1) is 10.9. The summed E-state index contributed by atoms with van der Waals surface area (Å²) < 4.78 is 5.56. The Balaban J connectivity index is 1.97. The van der Waals surface area contributed by atoms with Gasteiger partial charge in [0.1, 0.15) is 6.04 Å². The number of nitrogens with one attached hydrogen (secondary N) is 1. The number of rotatable bonds is 6. The van der Waals surface area contributed by atoms with Crippen molar-refractivity contribution in [2.75, 3.05) is 0 Å². The molecular weight excluding hydrogens is 343 g/mol. The normalized spacial score (nSPS) is 12.0. The van der Waals surface area contributed by atoms with E-state index in [4.69, 9.17) is 32.7 Å². The number of carboxylic acids is 1. The predicted molar refractivity (Wildman–Crippen MR) is 85.5 cm³/mol. The predicted octanol–water partition coefficient (Wildman–Crippen LogP) is 3.17. The molecule has 0 saturated carbocycles. The van der Waals surface area contributed by atoms with Crippen molar-refractivity contribution in [3.63, 3.8) is 0 Å². The molecule has 0 aliphatic rings. The number of carboxylic acid groups (broad SMARTS) is 1. The van der Waals surface area contributed by atoms with Crippen molar-refractivity contribution in [2.24, 2.45) is 0 Å². The average molecular weight is 357 g/mol. The fourth-order valence-electron chi connectivity index (χ4n) is 1.84. The van der Waals surface area contributed by atoms with Crippen LogP contribution in [0.4, 0.5) is 0 Å². The molecule has 122 valence electrons. The molecule has 23 heavy (non-hydrogen) atoms. The third-order valence-corrected chi connectivity index (χ3v) is 3.61. The number of nitrogens with zero attached hydrogens (tertiary/aromatic N) is 1. The maximum absolute atomic E-state index is 11.6. The SMILES string of the molecule is C[C@H](NC(=O)CCc1ncc(-c2ccc(Cl)cc2Cl)o1)C(=O)O. The van der Waals surface area contributed by atoms with E-state index in [1.165, 1.54) is 13.1 Å². The van der Waals surface area contributed by atoms with Crippen molar-refractivity contribution in [1.82, 2.24) is 10.3 Å². The first-order valence-corrected chi connectivity index (χ1v) is 7.54. The summed E-state index contributed by atoms with van der Waals surface area (Å²) in [6.07, 6.45) is 1.84. The van der Waals surface area contributed by atoms with Crippen LogP contribution in [-0.4, -0.2) is 28.0 Å². The maximum Gasteiger partial charge on any atom is 0.325 e. The van der Waals surface area contributed by atoms with Gasteiger partial charge >= 0.3 is 5.97 Å². The topological polar surface area (TPSA) is 92.4 Å². The number of aromatic nitrogens is 1. The van der Waals surface area contributed by atoms with E-state index in [0.717, 1.165) is 0 Å². The lowest BCUT2D eigenvalue weighted by Crippen LogP contribution is -2.38. The van der Waals surface area contributed by atoms with Crippen LogP contribution >= 0.6 is 23.2 Å². The quantitative estimate of drug-likeness (QED) is 0.828. The van der Waals surface area contributed by atoms with Crippen molar-refractivity contribution < 1.29 is 19.1 Å². The standard InChI is InChI=1S/C15H14Cl2N2O4/c1-8(15(21)22)19-13(20)4-5-14-18-7-12(23-14)10-3-2-9(16)6-11(10)17/h2-3,6-8H,4-5H2,1H3,(H,19,20)(H,21,22)/t8-/m0/s1. The lowest BCUT2D eigenvalue weighted by Gasteiger charge is -2.08. The number of halogens is 2. The molecule has 1 amide bonds. The van der Waals surface area contributed by atoms with E-state index in [2.05, 4.69) is 10.3 Å². The molecule has 0 bridgehead atoms. The van der Waals surface area contributed by atoms with Gasteiger partial charge in [0, 0.05) is 23.4 Å². The minimum absolute atomic E-state index is 0.0753. The molecule has 0 radical (unpaired) electrons. The molecule has 0 fully saturated rings. The average Bonchev–Trinajstić information content (AvgIpc) is 2.93. The number of hydrogen-bond donors (Lipinski definition) is 2. The van der Waals surface area contributed by atoms with Crippen molar-refractivity contribution in [1.29, 1.82) is 0 Å². The first kappa shape index (κ1) is 17.3. The number of aliphatic carboxylic acids is 1. The zero-order valence-electron chi connectivity index (χ0n) is 12.2. The zero-order chi connectivity index (χ0) is 17.0. The van der Waals surface area contributed by atoms with Gasteiger partial charge < -0.3 is 14.8 Å². The highest BCUT2D eigenvalue weighted by Crippen LogP contribution is 2.30. The molecule has 8 heteroatoms. The van der Waals surface area contributed by atoms with Gasteiger partial charge in [-0.1, -0.05) is 23.2 Å². The second kappa shape index (κ2) is 7.48. The Hall–Kier alpha value is -2.05. The van der Waals surface area contributed by atoms with E-state index in [9.17, 15) is 9.59 Å². The second-order valence-corrected chi connectivity index (χ2v) is 5.71. The summed E-state index contributed by atoms with van der Waals surface area (Å²) >= 11 is 11.9. The zero-order valence-corrected chi connectivity index (χ0v) is 13.7. The number of amides is 1. The number of benzene rings is 1. The molecular formula is C15H14Cl2N2O4. The molecule has 2 aromatic rings. The molecule has 1 aromatic carbocycles. The Labute approximate surface area is 142 Å². The molecule has 0 aliphatic heterocycles. The Kier molecular flexibility index (Phi) is 5.63. The van der Waals surface area contributed by atoms with E-state index in [1.54, 1.807) is 18.2 Å². The van der Waals surface area contributed by atoms with Crippen molar-refractivity contribution in [3.05, 3.63) is 40.3 Å². The summed E-state index contributed by atoms with van der Waals surface area (Å²) in [6.45, 7) is 1.39. The van der Waals surface area contributed by atoms with E-state index < -0.39 is 12.0 Å². The summed E-state index contributed by atoms with van der Waals surface area (Å²) in [6, 6.07) is 4.07. The fraction of sp³-hybridized carbons (Fsp3) is 0.267. The van der Waals surface area contributed by atoms with E-state index in [-0.39, 0.29) is 18.7 Å². The Morgan fingerprint density at radius 1 is 1.39 bits per heavy atom. The minimum atomic E-state index is -1.09. The van der Waals surface area contributed by atoms with Crippen LogP contribution < -0.4 is 5.32 Å². The first-order valence-electron chi connectivity index (χ1n) is 6.79. The summed E-state index contributed by atoms with van der Waals surface area (Å²) in [5.41, 5.74) is 0.652. The highest BCUT2D eigenvalue weighted by atomic mass is 35.5. The molecule has 2 rings (SSSR count). The number of carbonyl (C=O) groups is 2. The Morgan fingerprint density at radius 3 is 2.78 bits per heavy atom. The molecule has 1 aromatic heterocycles. The van der Waals surface area contributed by atoms with Crippen LogP contribution in [0.3, 0.4) is 0 Å². The molecule has 0 spiro atoms. The lowest BCUT2D eigenvalue weighted by atomic mass is 10.2. The van der Waals surface area contributed by atoms with Gasteiger partial charge in [0.05, 0.1) is 11.2 Å². The van der Waals surface area contributed by atoms with Gasteiger partial charge in [0.2, 0.25) is 5.91 Å². The lowest BCUT2D eigenvalue weighted by molar-refractivity contribution is -0.141. The summed E-state index contributed by atoms with van der Waals surface area (Å²) in [7, 11) is 0. The largest absolute Gasteiger partial charge is 0.480 e. The van der Waals surface area contributed by atoms with E-state index in [0.29, 0.717) is 27.3 Å². The van der Waals surface area contributed by atoms with E-state index in [1.807, 2.05) is 0 Å². The molecule has 0 aliphatic carbocycles. The van der Waals surface area contributed by atoms with E-state index >= 15 is 0 Å². The van der Waals surface area contributed by atoms with Crippen molar-refractivity contribution in [3.8, 4) is 11.3 Å². The van der Waals surface area contributed by atoms with Gasteiger partial charge in [-0.2, -0.15) is 0 Å². The Morgan fingerprint density at radius 2 is 2.13 bits per heavy atom. The van der Waals surface area contributed by atoms with Gasteiger partial charge in [-0.05, 0) is 25.1 Å². The van der Waals surface area contributed by atoms with Gasteiger partial charge in [-0.15, -0.1) is 0 Å². The Bertz CT molecular complexity index is 730. The summed E-state index contributed by atoms with van der Waals surface area (Å²) in [5.74, 6) is -0.636. The summed E-state index contributed by atoms with van der Waals surface area (Å²) in [4.78, 5) is 26.4. The monoisotopic (exact) mass is 356 g/mol. The highest BCUT2D eigenvalue weighted by Gasteiger charge is 2.15. The van der Waals surface area contributed by atoms with Gasteiger partial charge in [-0.25, -0.2) is 4.98 Å².